The Kier molecular flexibility index (Phi) is 6.19. The summed E-state index contributed by atoms with van der Waals surface area (Å²) in [7, 11) is 5.03. The van der Waals surface area contributed by atoms with Gasteiger partial charge >= 0.3 is 0 Å². The molecule has 4 aromatic rings. The second-order valence-electron chi connectivity index (χ2n) is 11.9. The van der Waals surface area contributed by atoms with Crippen LogP contribution < -0.4 is 19.8 Å². The van der Waals surface area contributed by atoms with Crippen molar-refractivity contribution >= 4 is 21.6 Å². The number of hydrogen-bond donors (Lipinski definition) is 0. The minimum Gasteiger partial charge on any atom is -0.497 e. The van der Waals surface area contributed by atoms with Crippen molar-refractivity contribution < 1.29 is 14.2 Å². The Morgan fingerprint density at radius 1 is 1.05 bits per heavy atom. The fourth-order valence-electron chi connectivity index (χ4n) is 8.16. The van der Waals surface area contributed by atoms with Crippen molar-refractivity contribution in [1.82, 2.24) is 9.55 Å². The number of benzene rings is 2. The number of aromatic nitrogens is 2. The van der Waals surface area contributed by atoms with E-state index in [0.29, 0.717) is 42.2 Å². The Hall–Kier alpha value is -3.32. The van der Waals surface area contributed by atoms with E-state index in [1.165, 1.54) is 34.4 Å². The second-order valence-corrected chi connectivity index (χ2v) is 13.0. The van der Waals surface area contributed by atoms with Gasteiger partial charge in [-0.25, -0.2) is 4.98 Å². The zero-order chi connectivity index (χ0) is 27.6. The Labute approximate surface area is 238 Å². The molecule has 3 aliphatic rings. The van der Waals surface area contributed by atoms with E-state index in [-0.39, 0.29) is 11.0 Å². The fraction of sp³-hybridized carbons (Fsp3) is 0.455. The van der Waals surface area contributed by atoms with Crippen LogP contribution in [0.2, 0.25) is 0 Å². The summed E-state index contributed by atoms with van der Waals surface area (Å²) in [6.45, 7) is 3.02. The van der Waals surface area contributed by atoms with E-state index in [2.05, 4.69) is 25.1 Å². The monoisotopic (exact) mass is 556 g/mol. The summed E-state index contributed by atoms with van der Waals surface area (Å²) in [5.41, 5.74) is 5.54. The summed E-state index contributed by atoms with van der Waals surface area (Å²) < 4.78 is 18.2. The van der Waals surface area contributed by atoms with Gasteiger partial charge in [0.1, 0.15) is 10.6 Å². The van der Waals surface area contributed by atoms with Crippen molar-refractivity contribution in [2.45, 2.75) is 63.3 Å². The number of thiophene rings is 1. The predicted octanol–water partition coefficient (Wildman–Crippen LogP) is 6.30. The lowest BCUT2D eigenvalue weighted by Crippen LogP contribution is -2.43. The van der Waals surface area contributed by atoms with Gasteiger partial charge in [-0.1, -0.05) is 19.1 Å². The first-order valence-electron chi connectivity index (χ1n) is 14.3. The van der Waals surface area contributed by atoms with Crippen LogP contribution >= 0.6 is 11.3 Å². The average molecular weight is 557 g/mol. The first-order chi connectivity index (χ1) is 19.4. The number of ether oxygens (including phenoxy) is 3. The molecule has 0 saturated heterocycles. The van der Waals surface area contributed by atoms with Crippen molar-refractivity contribution in [2.24, 2.45) is 11.8 Å². The van der Waals surface area contributed by atoms with Gasteiger partial charge < -0.3 is 14.2 Å². The number of methoxy groups -OCH3 is 3. The topological polar surface area (TPSA) is 62.6 Å². The van der Waals surface area contributed by atoms with E-state index in [4.69, 9.17) is 19.2 Å². The van der Waals surface area contributed by atoms with Gasteiger partial charge in [-0.15, -0.1) is 11.3 Å². The lowest BCUT2D eigenvalue weighted by atomic mass is 9.55. The predicted molar refractivity (Wildman–Crippen MR) is 158 cm³/mol. The van der Waals surface area contributed by atoms with Gasteiger partial charge in [0.05, 0.1) is 33.0 Å². The third kappa shape index (κ3) is 3.80. The van der Waals surface area contributed by atoms with Crippen molar-refractivity contribution in [3.05, 3.63) is 80.2 Å². The highest BCUT2D eigenvalue weighted by Gasteiger charge is 2.54. The average Bonchev–Trinajstić information content (AvgIpc) is 3.50. The van der Waals surface area contributed by atoms with Crippen molar-refractivity contribution in [1.29, 1.82) is 0 Å². The summed E-state index contributed by atoms with van der Waals surface area (Å²) in [5.74, 6) is 4.20. The molecule has 2 aromatic heterocycles. The number of aryl methyl sites for hydroxylation is 3. The molecular weight excluding hydrogens is 520 g/mol. The largest absolute Gasteiger partial charge is 0.497 e. The Bertz CT molecular complexity index is 1670. The fourth-order valence-corrected chi connectivity index (χ4v) is 9.48. The highest BCUT2D eigenvalue weighted by Crippen LogP contribution is 2.62. The van der Waals surface area contributed by atoms with E-state index in [1.807, 2.05) is 18.2 Å². The van der Waals surface area contributed by atoms with Gasteiger partial charge in [0.2, 0.25) is 0 Å². The molecule has 0 aliphatic heterocycles. The maximum absolute atomic E-state index is 14.0. The molecule has 2 aromatic carbocycles. The highest BCUT2D eigenvalue weighted by atomic mass is 32.1. The van der Waals surface area contributed by atoms with Crippen molar-refractivity contribution in [3.8, 4) is 17.2 Å². The third-order valence-electron chi connectivity index (χ3n) is 10.1. The summed E-state index contributed by atoms with van der Waals surface area (Å²) in [6.07, 6.45) is 8.13. The van der Waals surface area contributed by atoms with E-state index >= 15 is 0 Å². The quantitative estimate of drug-likeness (QED) is 0.279. The normalized spacial score (nSPS) is 24.6. The first kappa shape index (κ1) is 25.6. The number of nitrogens with zero attached hydrogens (tertiary/aromatic N) is 2. The molecular formula is C33H36N2O4S. The Balaban J connectivity index is 1.19. The summed E-state index contributed by atoms with van der Waals surface area (Å²) in [6, 6.07) is 12.6. The maximum Gasteiger partial charge on any atom is 0.262 e. The molecule has 0 unspecified atom stereocenters. The molecule has 0 bridgehead atoms. The molecule has 7 heteroatoms. The number of fused-ring (bicyclic) bond motifs is 9. The molecule has 208 valence electrons. The molecule has 40 heavy (non-hydrogen) atoms. The van der Waals surface area contributed by atoms with Gasteiger partial charge in [-0.2, -0.15) is 0 Å². The number of rotatable bonds is 6. The molecule has 3 aliphatic carbocycles. The van der Waals surface area contributed by atoms with Crippen LogP contribution in [0.3, 0.4) is 0 Å². The SMILES string of the molecule is COc1ccc2c(c1)CC[C@H]1[C@@H]2CC[C@@]2(C)c3c(sc4ncn(CCc5ccc(OC)c(OC)c5)c(=O)c34)C[C@H]12. The van der Waals surface area contributed by atoms with Crippen LogP contribution in [0, 0.1) is 11.8 Å². The zero-order valence-corrected chi connectivity index (χ0v) is 24.5. The molecule has 7 rings (SSSR count). The summed E-state index contributed by atoms with van der Waals surface area (Å²) >= 11 is 1.76. The van der Waals surface area contributed by atoms with Crippen LogP contribution in [0.1, 0.15) is 59.2 Å². The van der Waals surface area contributed by atoms with E-state index < -0.39 is 0 Å². The molecule has 6 nitrogen and oxygen atoms in total. The summed E-state index contributed by atoms with van der Waals surface area (Å²) in [4.78, 5) is 21.1. The van der Waals surface area contributed by atoms with Crippen molar-refractivity contribution in [3.63, 3.8) is 0 Å². The highest BCUT2D eigenvalue weighted by molar-refractivity contribution is 7.18. The van der Waals surface area contributed by atoms with Crippen LogP contribution in [-0.2, 0) is 31.2 Å². The van der Waals surface area contributed by atoms with Gasteiger partial charge in [0.15, 0.2) is 11.5 Å². The molecule has 0 radical (unpaired) electrons. The standard InChI is InChI=1S/C33H36N2O4S/c1-33-13-11-23-22-9-7-21(37-2)16-20(22)6-8-24(23)25(33)17-28-30(33)29-31(40-28)34-18-35(32(29)36)14-12-19-5-10-26(38-3)27(15-19)39-4/h5,7,9-10,15-16,18,23-25H,6,8,11-14,17H2,1-4H3/t23-,24+,25-,33-/m1/s1. The van der Waals surface area contributed by atoms with E-state index in [0.717, 1.165) is 40.8 Å². The molecule has 0 amide bonds. The lowest BCUT2D eigenvalue weighted by Gasteiger charge is -2.49. The second kappa shape index (κ2) is 9.65. The zero-order valence-electron chi connectivity index (χ0n) is 23.7. The van der Waals surface area contributed by atoms with Gasteiger partial charge in [0.25, 0.3) is 5.56 Å². The van der Waals surface area contributed by atoms with Crippen LogP contribution in [0.25, 0.3) is 10.2 Å². The molecule has 1 fully saturated rings. The van der Waals surface area contributed by atoms with Gasteiger partial charge in [-0.3, -0.25) is 9.36 Å². The lowest BCUT2D eigenvalue weighted by molar-refractivity contribution is 0.106. The van der Waals surface area contributed by atoms with Crippen LogP contribution in [0.5, 0.6) is 17.2 Å². The molecule has 1 saturated carbocycles. The third-order valence-corrected chi connectivity index (χ3v) is 11.3. The minimum absolute atomic E-state index is 0.0299. The maximum atomic E-state index is 14.0. The Morgan fingerprint density at radius 2 is 1.90 bits per heavy atom. The van der Waals surface area contributed by atoms with Gasteiger partial charge in [0, 0.05) is 11.4 Å². The smallest absolute Gasteiger partial charge is 0.262 e. The Morgan fingerprint density at radius 3 is 2.70 bits per heavy atom. The molecule has 0 spiro atoms. The molecule has 0 N–H and O–H groups in total. The molecule has 4 atom stereocenters. The van der Waals surface area contributed by atoms with E-state index in [9.17, 15) is 4.79 Å². The first-order valence-corrected chi connectivity index (χ1v) is 15.2. The van der Waals surface area contributed by atoms with Crippen molar-refractivity contribution in [2.75, 3.05) is 21.3 Å². The molecule has 2 heterocycles. The van der Waals surface area contributed by atoms with Gasteiger partial charge in [-0.05, 0) is 108 Å². The summed E-state index contributed by atoms with van der Waals surface area (Å²) in [5, 5.41) is 0.874. The van der Waals surface area contributed by atoms with Crippen LogP contribution in [-0.4, -0.2) is 30.9 Å². The number of hydrogen-bond acceptors (Lipinski definition) is 6. The van der Waals surface area contributed by atoms with Crippen LogP contribution in [0.4, 0.5) is 0 Å². The van der Waals surface area contributed by atoms with E-state index in [1.54, 1.807) is 43.6 Å². The van der Waals surface area contributed by atoms with Crippen LogP contribution in [0.15, 0.2) is 47.5 Å². The minimum atomic E-state index is 0.0299.